The van der Waals surface area contributed by atoms with Gasteiger partial charge < -0.3 is 9.80 Å². The average molecular weight is 409 g/mol. The Balaban J connectivity index is 1.38. The van der Waals surface area contributed by atoms with Gasteiger partial charge in [0.25, 0.3) is 5.91 Å². The predicted molar refractivity (Wildman–Crippen MR) is 107 cm³/mol. The van der Waals surface area contributed by atoms with Gasteiger partial charge in [-0.2, -0.15) is 0 Å². The number of nitrogens with one attached hydrogen (secondary N) is 1. The number of thiazole rings is 1. The fourth-order valence-electron chi connectivity index (χ4n) is 4.21. The second kappa shape index (κ2) is 7.48. The Labute approximate surface area is 164 Å². The topological polar surface area (TPSA) is 71.8 Å². The van der Waals surface area contributed by atoms with Gasteiger partial charge in [0, 0.05) is 13.1 Å². The molecule has 2 aliphatic heterocycles. The van der Waals surface area contributed by atoms with Gasteiger partial charge in [0.15, 0.2) is 16.4 Å². The lowest BCUT2D eigenvalue weighted by atomic mass is 9.98. The molecule has 1 aromatic carbocycles. The van der Waals surface area contributed by atoms with Crippen LogP contribution in [0.25, 0.3) is 10.2 Å². The van der Waals surface area contributed by atoms with E-state index >= 15 is 0 Å². The molecule has 1 aromatic heterocycles. The number of sulfone groups is 1. The molecule has 3 heterocycles. The standard InChI is InChI=1S/C19H25N3O3S2/c1-21(15-8-10-27(24,25)13-15)18(23)12-22-9-4-5-14(11-22)19-20-16-6-2-3-7-17(16)26-19/h2-3,6-7,14-15H,4-5,8-13H2,1H3/p+1/t14-,15-/m0/s1. The van der Waals surface area contributed by atoms with Gasteiger partial charge in [-0.3, -0.25) is 4.79 Å². The minimum absolute atomic E-state index is 0.0528. The van der Waals surface area contributed by atoms with E-state index in [1.165, 1.54) is 14.6 Å². The number of likely N-dealkylation sites (N-methyl/N-ethyl adjacent to an activating group) is 1. The molecule has 0 radical (unpaired) electrons. The summed E-state index contributed by atoms with van der Waals surface area (Å²) in [7, 11) is -1.22. The Bertz CT molecular complexity index is 908. The summed E-state index contributed by atoms with van der Waals surface area (Å²) >= 11 is 1.76. The summed E-state index contributed by atoms with van der Waals surface area (Å²) in [6, 6.07) is 8.06. The fourth-order valence-corrected chi connectivity index (χ4v) is 7.09. The zero-order valence-corrected chi connectivity index (χ0v) is 17.2. The van der Waals surface area contributed by atoms with E-state index in [0.29, 0.717) is 18.9 Å². The van der Waals surface area contributed by atoms with E-state index in [9.17, 15) is 13.2 Å². The van der Waals surface area contributed by atoms with Crippen LogP contribution in [-0.2, 0) is 14.6 Å². The first-order valence-electron chi connectivity index (χ1n) is 9.56. The molecule has 2 fully saturated rings. The van der Waals surface area contributed by atoms with Crippen LogP contribution in [0, 0.1) is 0 Å². The van der Waals surface area contributed by atoms with Crippen LogP contribution in [0.3, 0.4) is 0 Å². The lowest BCUT2D eigenvalue weighted by Gasteiger charge is -2.31. The van der Waals surface area contributed by atoms with Crippen molar-refractivity contribution in [2.75, 3.05) is 38.2 Å². The van der Waals surface area contributed by atoms with Crippen LogP contribution in [0.2, 0.25) is 0 Å². The lowest BCUT2D eigenvalue weighted by Crippen LogP contribution is -3.14. The van der Waals surface area contributed by atoms with Crippen LogP contribution >= 0.6 is 11.3 Å². The monoisotopic (exact) mass is 408 g/mol. The molecule has 146 valence electrons. The number of para-hydroxylation sites is 1. The Hall–Kier alpha value is -1.51. The highest BCUT2D eigenvalue weighted by Crippen LogP contribution is 2.30. The number of fused-ring (bicyclic) bond motifs is 1. The molecule has 6 nitrogen and oxygen atoms in total. The van der Waals surface area contributed by atoms with Crippen molar-refractivity contribution in [3.63, 3.8) is 0 Å². The van der Waals surface area contributed by atoms with E-state index in [-0.39, 0.29) is 23.5 Å². The number of piperidine rings is 1. The SMILES string of the molecule is CN(C(=O)C[NH+]1CCC[C@H](c2nc3ccccc3s2)C1)[C@H]1CCS(=O)(=O)C1. The summed E-state index contributed by atoms with van der Waals surface area (Å²) in [5.74, 6) is 0.762. The third-order valence-electron chi connectivity index (χ3n) is 5.83. The van der Waals surface area contributed by atoms with Crippen LogP contribution in [-0.4, -0.2) is 68.4 Å². The molecule has 0 aliphatic carbocycles. The predicted octanol–water partition coefficient (Wildman–Crippen LogP) is 0.704. The van der Waals surface area contributed by atoms with Gasteiger partial charge in [0.05, 0.1) is 40.7 Å². The van der Waals surface area contributed by atoms with E-state index in [1.807, 2.05) is 12.1 Å². The molecule has 0 spiro atoms. The van der Waals surface area contributed by atoms with Gasteiger partial charge in [0.1, 0.15) is 5.01 Å². The molecule has 0 saturated carbocycles. The number of carbonyl (C=O) groups excluding carboxylic acids is 1. The second-order valence-electron chi connectivity index (χ2n) is 7.80. The molecule has 2 aliphatic rings. The van der Waals surface area contributed by atoms with Crippen molar-refractivity contribution in [2.24, 2.45) is 0 Å². The van der Waals surface area contributed by atoms with Gasteiger partial charge in [-0.05, 0) is 31.4 Å². The number of nitrogens with zero attached hydrogens (tertiary/aromatic N) is 2. The average Bonchev–Trinajstić information content (AvgIpc) is 3.24. The van der Waals surface area contributed by atoms with E-state index < -0.39 is 9.84 Å². The number of likely N-dealkylation sites (tertiary alicyclic amines) is 1. The van der Waals surface area contributed by atoms with Crippen molar-refractivity contribution in [3.8, 4) is 0 Å². The number of quaternary nitrogens is 1. The number of rotatable bonds is 4. The molecule has 1 N–H and O–H groups in total. The first-order valence-corrected chi connectivity index (χ1v) is 12.2. The molecule has 0 bridgehead atoms. The van der Waals surface area contributed by atoms with Crippen molar-refractivity contribution in [1.82, 2.24) is 9.88 Å². The highest BCUT2D eigenvalue weighted by Gasteiger charge is 2.35. The Morgan fingerprint density at radius 2 is 2.15 bits per heavy atom. The number of benzene rings is 1. The number of carbonyl (C=O) groups is 1. The zero-order valence-electron chi connectivity index (χ0n) is 15.6. The van der Waals surface area contributed by atoms with Crippen molar-refractivity contribution in [3.05, 3.63) is 29.3 Å². The summed E-state index contributed by atoms with van der Waals surface area (Å²) in [5, 5.41) is 1.18. The molecule has 2 aromatic rings. The quantitative estimate of drug-likeness (QED) is 0.809. The summed E-state index contributed by atoms with van der Waals surface area (Å²) in [6.07, 6.45) is 2.77. The van der Waals surface area contributed by atoms with Crippen molar-refractivity contribution in [1.29, 1.82) is 0 Å². The van der Waals surface area contributed by atoms with Gasteiger partial charge in [0.2, 0.25) is 0 Å². The molecule has 8 heteroatoms. The third kappa shape index (κ3) is 4.17. The molecule has 1 amide bonds. The van der Waals surface area contributed by atoms with Crippen molar-refractivity contribution < 1.29 is 18.1 Å². The number of hydrogen-bond acceptors (Lipinski definition) is 5. The lowest BCUT2D eigenvalue weighted by molar-refractivity contribution is -0.898. The first-order chi connectivity index (χ1) is 12.9. The van der Waals surface area contributed by atoms with Crippen molar-refractivity contribution in [2.45, 2.75) is 31.2 Å². The van der Waals surface area contributed by atoms with Crippen LogP contribution in [0.4, 0.5) is 0 Å². The van der Waals surface area contributed by atoms with Gasteiger partial charge >= 0.3 is 0 Å². The number of hydrogen-bond donors (Lipinski definition) is 1. The smallest absolute Gasteiger partial charge is 0.277 e. The Morgan fingerprint density at radius 1 is 1.33 bits per heavy atom. The summed E-state index contributed by atoms with van der Waals surface area (Å²) in [6.45, 7) is 2.35. The summed E-state index contributed by atoms with van der Waals surface area (Å²) in [5.41, 5.74) is 1.06. The highest BCUT2D eigenvalue weighted by molar-refractivity contribution is 7.91. The molecular formula is C19H26N3O3S2+. The Morgan fingerprint density at radius 3 is 2.89 bits per heavy atom. The van der Waals surface area contributed by atoms with Crippen molar-refractivity contribution >= 4 is 37.3 Å². The Kier molecular flexibility index (Phi) is 5.22. The van der Waals surface area contributed by atoms with E-state index in [1.54, 1.807) is 23.3 Å². The fraction of sp³-hybridized carbons (Fsp3) is 0.579. The molecule has 3 atom stereocenters. The summed E-state index contributed by atoms with van der Waals surface area (Å²) < 4.78 is 24.6. The molecule has 2 saturated heterocycles. The van der Waals surface area contributed by atoms with E-state index in [0.717, 1.165) is 31.4 Å². The van der Waals surface area contributed by atoms with E-state index in [2.05, 4.69) is 12.1 Å². The first kappa shape index (κ1) is 18.8. The maximum atomic E-state index is 12.7. The highest BCUT2D eigenvalue weighted by atomic mass is 32.2. The minimum Gasteiger partial charge on any atom is -0.337 e. The number of aromatic nitrogens is 1. The van der Waals surface area contributed by atoms with E-state index in [4.69, 9.17) is 4.98 Å². The zero-order chi connectivity index (χ0) is 19.0. The van der Waals surface area contributed by atoms with Crippen LogP contribution in [0.5, 0.6) is 0 Å². The van der Waals surface area contributed by atoms with Crippen LogP contribution in [0.1, 0.15) is 30.2 Å². The number of amides is 1. The van der Waals surface area contributed by atoms with Crippen LogP contribution in [0.15, 0.2) is 24.3 Å². The van der Waals surface area contributed by atoms with Gasteiger partial charge in [-0.1, -0.05) is 12.1 Å². The third-order valence-corrected chi connectivity index (χ3v) is 8.78. The summed E-state index contributed by atoms with van der Waals surface area (Å²) in [4.78, 5) is 20.4. The normalized spacial score (nSPS) is 27.7. The maximum absolute atomic E-state index is 12.7. The largest absolute Gasteiger partial charge is 0.337 e. The molecule has 27 heavy (non-hydrogen) atoms. The second-order valence-corrected chi connectivity index (χ2v) is 11.1. The van der Waals surface area contributed by atoms with Gasteiger partial charge in [-0.15, -0.1) is 11.3 Å². The molecule has 1 unspecified atom stereocenters. The molecule has 4 rings (SSSR count). The molecular weight excluding hydrogens is 382 g/mol. The van der Waals surface area contributed by atoms with Gasteiger partial charge in [-0.25, -0.2) is 13.4 Å². The minimum atomic E-state index is -2.97. The maximum Gasteiger partial charge on any atom is 0.277 e. The van der Waals surface area contributed by atoms with Crippen LogP contribution < -0.4 is 4.90 Å².